The average molecular weight is 351 g/mol. The smallest absolute Gasteiger partial charge is 0.244 e. The summed E-state index contributed by atoms with van der Waals surface area (Å²) in [6.07, 6.45) is 4.63. The molecule has 0 unspecified atom stereocenters. The Morgan fingerprint density at radius 1 is 1.26 bits per heavy atom. The lowest BCUT2D eigenvalue weighted by atomic mass is 10.2. The van der Waals surface area contributed by atoms with Crippen LogP contribution in [0.1, 0.15) is 18.1 Å². The van der Waals surface area contributed by atoms with Crippen molar-refractivity contribution >= 4 is 35.2 Å². The number of amides is 1. The van der Waals surface area contributed by atoms with Crippen LogP contribution in [0.3, 0.4) is 0 Å². The van der Waals surface area contributed by atoms with Gasteiger partial charge in [0.05, 0.1) is 6.61 Å². The first kappa shape index (κ1) is 17.3. The summed E-state index contributed by atoms with van der Waals surface area (Å²) in [5, 5.41) is 3.76. The topological polar surface area (TPSA) is 51.2 Å². The number of halogens is 2. The zero-order chi connectivity index (χ0) is 16.7. The van der Waals surface area contributed by atoms with Gasteiger partial charge in [-0.2, -0.15) is 0 Å². The molecule has 0 atom stereocenters. The molecule has 0 spiro atoms. The minimum atomic E-state index is -0.257. The van der Waals surface area contributed by atoms with Crippen LogP contribution >= 0.6 is 23.2 Å². The zero-order valence-electron chi connectivity index (χ0n) is 12.6. The summed E-state index contributed by atoms with van der Waals surface area (Å²) >= 11 is 12.1. The second-order valence-corrected chi connectivity index (χ2v) is 5.40. The standard InChI is InChI=1S/C17H16Cl2N2O2/c1-2-23-17-12(5-4-10-20-17)11-21-16(22)9-8-13-14(18)6-3-7-15(13)19/h3-10H,2,11H2,1H3,(H,21,22)/b9-8+. The number of pyridine rings is 1. The summed E-state index contributed by atoms with van der Waals surface area (Å²) in [6.45, 7) is 2.72. The van der Waals surface area contributed by atoms with Gasteiger partial charge in [-0.1, -0.05) is 35.3 Å². The molecule has 6 heteroatoms. The molecule has 0 bridgehead atoms. The summed E-state index contributed by atoms with van der Waals surface area (Å²) in [5.41, 5.74) is 1.43. The van der Waals surface area contributed by atoms with E-state index >= 15 is 0 Å². The molecule has 0 aliphatic heterocycles. The third kappa shape index (κ3) is 4.98. The molecule has 0 fully saturated rings. The Morgan fingerprint density at radius 3 is 2.70 bits per heavy atom. The number of hydrogen-bond donors (Lipinski definition) is 1. The van der Waals surface area contributed by atoms with Gasteiger partial charge in [0, 0.05) is 40.0 Å². The predicted octanol–water partition coefficient (Wildman–Crippen LogP) is 4.12. The lowest BCUT2D eigenvalue weighted by Gasteiger charge is -2.08. The molecule has 2 aromatic rings. The van der Waals surface area contributed by atoms with E-state index in [1.807, 2.05) is 13.0 Å². The molecular formula is C17H16Cl2N2O2. The number of aromatic nitrogens is 1. The number of ether oxygens (including phenoxy) is 1. The van der Waals surface area contributed by atoms with E-state index in [1.54, 1.807) is 36.5 Å². The van der Waals surface area contributed by atoms with Crippen LogP contribution in [0.5, 0.6) is 5.88 Å². The second-order valence-electron chi connectivity index (χ2n) is 4.59. The van der Waals surface area contributed by atoms with Crippen molar-refractivity contribution in [2.45, 2.75) is 13.5 Å². The highest BCUT2D eigenvalue weighted by atomic mass is 35.5. The highest BCUT2D eigenvalue weighted by Crippen LogP contribution is 2.25. The first-order chi connectivity index (χ1) is 11.1. The predicted molar refractivity (Wildman–Crippen MR) is 92.7 cm³/mol. The number of rotatable bonds is 6. The lowest BCUT2D eigenvalue weighted by Crippen LogP contribution is -2.20. The molecule has 1 amide bonds. The molecule has 1 aromatic carbocycles. The fourth-order valence-electron chi connectivity index (χ4n) is 1.90. The lowest BCUT2D eigenvalue weighted by molar-refractivity contribution is -0.116. The van der Waals surface area contributed by atoms with Crippen LogP contribution in [-0.2, 0) is 11.3 Å². The van der Waals surface area contributed by atoms with E-state index in [2.05, 4.69) is 10.3 Å². The largest absolute Gasteiger partial charge is 0.478 e. The molecule has 1 aromatic heterocycles. The van der Waals surface area contributed by atoms with E-state index in [4.69, 9.17) is 27.9 Å². The maximum absolute atomic E-state index is 11.9. The van der Waals surface area contributed by atoms with Gasteiger partial charge >= 0.3 is 0 Å². The van der Waals surface area contributed by atoms with E-state index in [9.17, 15) is 4.79 Å². The molecule has 4 nitrogen and oxygen atoms in total. The average Bonchev–Trinajstić information content (AvgIpc) is 2.54. The fourth-order valence-corrected chi connectivity index (χ4v) is 2.42. The van der Waals surface area contributed by atoms with E-state index in [0.29, 0.717) is 34.6 Å². The molecule has 0 saturated carbocycles. The molecule has 0 aliphatic rings. The summed E-state index contributed by atoms with van der Waals surface area (Å²) in [4.78, 5) is 16.1. The number of benzene rings is 1. The summed E-state index contributed by atoms with van der Waals surface area (Å²) < 4.78 is 5.41. The molecule has 0 radical (unpaired) electrons. The first-order valence-electron chi connectivity index (χ1n) is 7.08. The van der Waals surface area contributed by atoms with Crippen LogP contribution < -0.4 is 10.1 Å². The van der Waals surface area contributed by atoms with E-state index < -0.39 is 0 Å². The van der Waals surface area contributed by atoms with Crippen molar-refractivity contribution < 1.29 is 9.53 Å². The van der Waals surface area contributed by atoms with Gasteiger partial charge in [-0.15, -0.1) is 0 Å². The van der Waals surface area contributed by atoms with Gasteiger partial charge in [0.1, 0.15) is 0 Å². The molecule has 120 valence electrons. The number of carbonyl (C=O) groups excluding carboxylic acids is 1. The van der Waals surface area contributed by atoms with Crippen LogP contribution in [-0.4, -0.2) is 17.5 Å². The van der Waals surface area contributed by atoms with Crippen LogP contribution in [0.15, 0.2) is 42.6 Å². The van der Waals surface area contributed by atoms with E-state index in [-0.39, 0.29) is 5.91 Å². The molecular weight excluding hydrogens is 335 g/mol. The molecule has 2 rings (SSSR count). The van der Waals surface area contributed by atoms with Crippen LogP contribution in [0.2, 0.25) is 10.0 Å². The molecule has 1 N–H and O–H groups in total. The summed E-state index contributed by atoms with van der Waals surface area (Å²) in [7, 11) is 0. The van der Waals surface area contributed by atoms with Crippen molar-refractivity contribution in [1.29, 1.82) is 0 Å². The maximum Gasteiger partial charge on any atom is 0.244 e. The summed E-state index contributed by atoms with van der Waals surface area (Å²) in [6, 6.07) is 8.83. The second kappa shape index (κ2) is 8.56. The molecule has 0 saturated heterocycles. The van der Waals surface area contributed by atoms with Crippen molar-refractivity contribution in [3.05, 3.63) is 63.8 Å². The van der Waals surface area contributed by atoms with Crippen molar-refractivity contribution in [3.63, 3.8) is 0 Å². The minimum absolute atomic E-state index is 0.257. The van der Waals surface area contributed by atoms with Crippen molar-refractivity contribution in [3.8, 4) is 5.88 Å². The van der Waals surface area contributed by atoms with Crippen LogP contribution in [0.25, 0.3) is 6.08 Å². The molecule has 1 heterocycles. The summed E-state index contributed by atoms with van der Waals surface area (Å²) in [5.74, 6) is 0.265. The molecule has 0 aliphatic carbocycles. The SMILES string of the molecule is CCOc1ncccc1CNC(=O)/C=C/c1c(Cl)cccc1Cl. The van der Waals surface area contributed by atoms with Gasteiger partial charge < -0.3 is 10.1 Å². The quantitative estimate of drug-likeness (QED) is 0.797. The van der Waals surface area contributed by atoms with E-state index in [0.717, 1.165) is 5.56 Å². The maximum atomic E-state index is 11.9. The highest BCUT2D eigenvalue weighted by Gasteiger charge is 2.06. The zero-order valence-corrected chi connectivity index (χ0v) is 14.1. The van der Waals surface area contributed by atoms with Crippen LogP contribution in [0.4, 0.5) is 0 Å². The number of nitrogens with one attached hydrogen (secondary N) is 1. The Morgan fingerprint density at radius 2 is 2.00 bits per heavy atom. The van der Waals surface area contributed by atoms with Gasteiger partial charge in [0.15, 0.2) is 0 Å². The monoisotopic (exact) mass is 350 g/mol. The first-order valence-corrected chi connectivity index (χ1v) is 7.84. The van der Waals surface area contributed by atoms with Crippen molar-refractivity contribution in [2.24, 2.45) is 0 Å². The minimum Gasteiger partial charge on any atom is -0.478 e. The number of hydrogen-bond acceptors (Lipinski definition) is 3. The highest BCUT2D eigenvalue weighted by molar-refractivity contribution is 6.37. The van der Waals surface area contributed by atoms with Gasteiger partial charge in [0.25, 0.3) is 0 Å². The van der Waals surface area contributed by atoms with Gasteiger partial charge in [-0.25, -0.2) is 4.98 Å². The third-order valence-electron chi connectivity index (χ3n) is 2.99. The van der Waals surface area contributed by atoms with Gasteiger partial charge in [0.2, 0.25) is 11.8 Å². The Hall–Kier alpha value is -2.04. The third-order valence-corrected chi connectivity index (χ3v) is 3.64. The normalized spacial score (nSPS) is 10.7. The Labute approximate surface area is 145 Å². The van der Waals surface area contributed by atoms with E-state index in [1.165, 1.54) is 6.08 Å². The number of carbonyl (C=O) groups is 1. The Balaban J connectivity index is 1.99. The van der Waals surface area contributed by atoms with Gasteiger partial charge in [-0.3, -0.25) is 4.79 Å². The van der Waals surface area contributed by atoms with Crippen molar-refractivity contribution in [2.75, 3.05) is 6.61 Å². The number of nitrogens with zero attached hydrogens (tertiary/aromatic N) is 1. The van der Waals surface area contributed by atoms with Crippen molar-refractivity contribution in [1.82, 2.24) is 10.3 Å². The van der Waals surface area contributed by atoms with Crippen LogP contribution in [0, 0.1) is 0 Å². The fraction of sp³-hybridized carbons (Fsp3) is 0.176. The Kier molecular flexibility index (Phi) is 6.44. The Bertz CT molecular complexity index is 697. The molecule has 23 heavy (non-hydrogen) atoms. The van der Waals surface area contributed by atoms with Gasteiger partial charge in [-0.05, 0) is 31.2 Å².